The van der Waals surface area contributed by atoms with Gasteiger partial charge in [-0.3, -0.25) is 19.0 Å². The van der Waals surface area contributed by atoms with Crippen LogP contribution in [0.5, 0.6) is 0 Å². The monoisotopic (exact) mass is 488 g/mol. The van der Waals surface area contributed by atoms with E-state index < -0.39 is 24.5 Å². The standard InChI is InChI=1S/C25H17FN4O4S/c26-17-12-10-16(11-13-17)22-27-28-25(30(22)18-6-2-1-3-7-18)35-14-21(31)34-15-29-23(32)19-8-4-5-9-20(19)24(29)33/h1-13H,14-15H2. The van der Waals surface area contributed by atoms with Gasteiger partial charge >= 0.3 is 5.97 Å². The van der Waals surface area contributed by atoms with Crippen LogP contribution in [0.3, 0.4) is 0 Å². The van der Waals surface area contributed by atoms with E-state index in [1.54, 1.807) is 41.0 Å². The number of thioether (sulfide) groups is 1. The topological polar surface area (TPSA) is 94.4 Å². The fourth-order valence-electron chi connectivity index (χ4n) is 3.62. The highest BCUT2D eigenvalue weighted by Crippen LogP contribution is 2.28. The summed E-state index contributed by atoms with van der Waals surface area (Å²) in [6.07, 6.45) is 0. The molecule has 35 heavy (non-hydrogen) atoms. The first kappa shape index (κ1) is 22.5. The lowest BCUT2D eigenvalue weighted by Gasteiger charge is -2.14. The molecule has 1 aromatic heterocycles. The number of ether oxygens (including phenoxy) is 1. The van der Waals surface area contributed by atoms with Gasteiger partial charge in [-0.25, -0.2) is 9.29 Å². The van der Waals surface area contributed by atoms with Crippen LogP contribution < -0.4 is 0 Å². The Hall–Kier alpha value is -4.31. The van der Waals surface area contributed by atoms with Crippen LogP contribution in [-0.4, -0.2) is 49.9 Å². The third-order valence-electron chi connectivity index (χ3n) is 5.30. The van der Waals surface area contributed by atoms with E-state index in [0.29, 0.717) is 16.5 Å². The molecule has 0 radical (unpaired) electrons. The zero-order valence-electron chi connectivity index (χ0n) is 18.1. The summed E-state index contributed by atoms with van der Waals surface area (Å²) < 4.78 is 20.4. The van der Waals surface area contributed by atoms with Gasteiger partial charge in [-0.15, -0.1) is 10.2 Å². The second-order valence-corrected chi connectivity index (χ2v) is 8.44. The summed E-state index contributed by atoms with van der Waals surface area (Å²) in [5.41, 5.74) is 1.99. The molecule has 1 aliphatic rings. The third-order valence-corrected chi connectivity index (χ3v) is 6.20. The lowest BCUT2D eigenvalue weighted by Crippen LogP contribution is -2.33. The predicted molar refractivity (Wildman–Crippen MR) is 125 cm³/mol. The number of rotatable bonds is 7. The van der Waals surface area contributed by atoms with Crippen molar-refractivity contribution in [3.63, 3.8) is 0 Å². The number of carbonyl (C=O) groups is 3. The lowest BCUT2D eigenvalue weighted by atomic mass is 10.1. The van der Waals surface area contributed by atoms with Crippen molar-refractivity contribution >= 4 is 29.5 Å². The molecule has 0 aliphatic carbocycles. The summed E-state index contributed by atoms with van der Waals surface area (Å²) >= 11 is 1.09. The number of carbonyl (C=O) groups excluding carboxylic acids is 3. The van der Waals surface area contributed by atoms with E-state index in [-0.39, 0.29) is 22.7 Å². The molecule has 0 spiro atoms. The van der Waals surface area contributed by atoms with Crippen LogP contribution in [0.25, 0.3) is 17.1 Å². The normalized spacial score (nSPS) is 12.7. The zero-order chi connectivity index (χ0) is 24.4. The van der Waals surface area contributed by atoms with Gasteiger partial charge in [0.2, 0.25) is 0 Å². The van der Waals surface area contributed by atoms with Crippen LogP contribution in [0.4, 0.5) is 4.39 Å². The second kappa shape index (κ2) is 9.51. The maximum atomic E-state index is 13.4. The van der Waals surface area contributed by atoms with E-state index in [9.17, 15) is 18.8 Å². The lowest BCUT2D eigenvalue weighted by molar-refractivity contribution is -0.142. The third kappa shape index (κ3) is 4.43. The van der Waals surface area contributed by atoms with E-state index >= 15 is 0 Å². The first-order valence-corrected chi connectivity index (χ1v) is 11.5. The van der Waals surface area contributed by atoms with Gasteiger partial charge in [0.05, 0.1) is 16.9 Å². The fraction of sp³-hybridized carbons (Fsp3) is 0.0800. The molecule has 3 aromatic carbocycles. The summed E-state index contributed by atoms with van der Waals surface area (Å²) in [6, 6.07) is 21.6. The number of esters is 1. The number of hydrogen-bond acceptors (Lipinski definition) is 7. The van der Waals surface area contributed by atoms with Crippen molar-refractivity contribution in [2.24, 2.45) is 0 Å². The Balaban J connectivity index is 1.29. The number of benzene rings is 3. The van der Waals surface area contributed by atoms with Crippen LogP contribution in [0, 0.1) is 5.82 Å². The molecule has 5 rings (SSSR count). The van der Waals surface area contributed by atoms with Crippen LogP contribution in [0.1, 0.15) is 20.7 Å². The highest BCUT2D eigenvalue weighted by atomic mass is 32.2. The molecular weight excluding hydrogens is 471 g/mol. The molecule has 8 nitrogen and oxygen atoms in total. The molecule has 174 valence electrons. The van der Waals surface area contributed by atoms with Crippen molar-refractivity contribution in [3.8, 4) is 17.1 Å². The number of hydrogen-bond donors (Lipinski definition) is 0. The molecule has 1 aliphatic heterocycles. The average molecular weight is 489 g/mol. The quantitative estimate of drug-likeness (QED) is 0.221. The van der Waals surface area contributed by atoms with Crippen molar-refractivity contribution in [2.45, 2.75) is 5.16 Å². The van der Waals surface area contributed by atoms with Gasteiger partial charge in [-0.2, -0.15) is 0 Å². The summed E-state index contributed by atoms with van der Waals surface area (Å²) in [7, 11) is 0. The summed E-state index contributed by atoms with van der Waals surface area (Å²) in [5, 5.41) is 8.87. The van der Waals surface area contributed by atoms with E-state index in [0.717, 1.165) is 22.3 Å². The van der Waals surface area contributed by atoms with Crippen LogP contribution >= 0.6 is 11.8 Å². The predicted octanol–water partition coefficient (Wildman–Crippen LogP) is 3.96. The van der Waals surface area contributed by atoms with Crippen molar-refractivity contribution in [2.75, 3.05) is 12.5 Å². The second-order valence-electron chi connectivity index (χ2n) is 7.50. The minimum absolute atomic E-state index is 0.127. The number of imide groups is 1. The van der Waals surface area contributed by atoms with Crippen LogP contribution in [-0.2, 0) is 9.53 Å². The largest absolute Gasteiger partial charge is 0.443 e. The summed E-state index contributed by atoms with van der Waals surface area (Å²) in [4.78, 5) is 38.2. The van der Waals surface area contributed by atoms with Gasteiger partial charge < -0.3 is 4.74 Å². The first-order valence-electron chi connectivity index (χ1n) is 10.5. The van der Waals surface area contributed by atoms with Gasteiger partial charge in [0.1, 0.15) is 5.82 Å². The molecule has 2 amide bonds. The molecule has 0 bridgehead atoms. The summed E-state index contributed by atoms with van der Waals surface area (Å²) in [5.74, 6) is -1.64. The molecule has 4 aromatic rings. The maximum absolute atomic E-state index is 13.4. The number of halogens is 1. The molecular formula is C25H17FN4O4S. The van der Waals surface area contributed by atoms with Crippen molar-refractivity contribution in [1.29, 1.82) is 0 Å². The average Bonchev–Trinajstić information content (AvgIpc) is 3.41. The Bertz CT molecular complexity index is 1390. The Kier molecular flexibility index (Phi) is 6.11. The molecule has 2 heterocycles. The van der Waals surface area contributed by atoms with Crippen molar-refractivity contribution in [1.82, 2.24) is 19.7 Å². The zero-order valence-corrected chi connectivity index (χ0v) is 18.9. The molecule has 0 N–H and O–H groups in total. The number of aromatic nitrogens is 3. The number of para-hydroxylation sites is 1. The van der Waals surface area contributed by atoms with Crippen molar-refractivity contribution in [3.05, 3.63) is 95.8 Å². The smallest absolute Gasteiger partial charge is 0.318 e. The van der Waals surface area contributed by atoms with Gasteiger partial charge in [-0.05, 0) is 48.5 Å². The van der Waals surface area contributed by atoms with E-state index in [4.69, 9.17) is 4.74 Å². The van der Waals surface area contributed by atoms with E-state index in [1.165, 1.54) is 12.1 Å². The molecule has 0 unspecified atom stereocenters. The number of nitrogens with zero attached hydrogens (tertiary/aromatic N) is 4. The Morgan fingerprint density at radius 3 is 2.14 bits per heavy atom. The Morgan fingerprint density at radius 1 is 0.857 bits per heavy atom. The summed E-state index contributed by atoms with van der Waals surface area (Å²) in [6.45, 7) is -0.474. The molecule has 0 fully saturated rings. The molecule has 10 heteroatoms. The van der Waals surface area contributed by atoms with Gasteiger partial charge in [-0.1, -0.05) is 42.1 Å². The number of amides is 2. The Labute approximate surface area is 203 Å². The minimum Gasteiger partial charge on any atom is -0.443 e. The fourth-order valence-corrected chi connectivity index (χ4v) is 4.37. The van der Waals surface area contributed by atoms with Gasteiger partial charge in [0.25, 0.3) is 11.8 Å². The van der Waals surface area contributed by atoms with Gasteiger partial charge in [0, 0.05) is 11.3 Å². The first-order chi connectivity index (χ1) is 17.0. The molecule has 0 saturated carbocycles. The maximum Gasteiger partial charge on any atom is 0.318 e. The highest BCUT2D eigenvalue weighted by Gasteiger charge is 2.35. The van der Waals surface area contributed by atoms with Crippen LogP contribution in [0.2, 0.25) is 0 Å². The Morgan fingerprint density at radius 2 is 1.49 bits per heavy atom. The van der Waals surface area contributed by atoms with E-state index in [1.807, 2.05) is 30.3 Å². The SMILES string of the molecule is O=C(CSc1nnc(-c2ccc(F)cc2)n1-c1ccccc1)OCN1C(=O)c2ccccc2C1=O. The van der Waals surface area contributed by atoms with Gasteiger partial charge in [0.15, 0.2) is 17.7 Å². The van der Waals surface area contributed by atoms with E-state index in [2.05, 4.69) is 10.2 Å². The minimum atomic E-state index is -0.627. The molecule has 0 saturated heterocycles. The number of fused-ring (bicyclic) bond motifs is 1. The highest BCUT2D eigenvalue weighted by molar-refractivity contribution is 7.99. The van der Waals surface area contributed by atoms with Crippen molar-refractivity contribution < 1.29 is 23.5 Å². The molecule has 0 atom stereocenters. The van der Waals surface area contributed by atoms with Crippen LogP contribution in [0.15, 0.2) is 84.0 Å².